The van der Waals surface area contributed by atoms with E-state index in [-0.39, 0.29) is 207 Å². The molecule has 0 amide bonds. The average Bonchev–Trinajstić information content (AvgIpc) is 0.811. The number of rotatable bonds is 0. The van der Waals surface area contributed by atoms with Crippen LogP contribution in [-0.4, -0.2) is 7.32 Å². The summed E-state index contributed by atoms with van der Waals surface area (Å²) < 4.78 is 0. The van der Waals surface area contributed by atoms with Gasteiger partial charge >= 0.3 is 207 Å². The van der Waals surface area contributed by atoms with Crippen molar-refractivity contribution in [1.29, 1.82) is 0 Å². The summed E-state index contributed by atoms with van der Waals surface area (Å²) in [5.41, 5.74) is 0. The predicted octanol–water partition coefficient (Wildman–Crippen LogP) is -12.9. The van der Waals surface area contributed by atoms with Gasteiger partial charge in [0.15, 0.2) is 0 Å². The van der Waals surface area contributed by atoms with E-state index in [4.69, 9.17) is 15.1 Å². The third-order valence-electron chi connectivity index (χ3n) is 0. The van der Waals surface area contributed by atoms with Crippen LogP contribution in [0.3, 0.4) is 0 Å². The van der Waals surface area contributed by atoms with Crippen molar-refractivity contribution < 1.29 is 222 Å². The molecule has 0 aliphatic carbocycles. The molecule has 0 aromatic rings. The summed E-state index contributed by atoms with van der Waals surface area (Å²) in [6, 6.07) is 0. The van der Waals surface area contributed by atoms with Gasteiger partial charge < -0.3 is 15.1 Å². The third-order valence-corrected chi connectivity index (χ3v) is 0. The molecule has 0 N–H and O–H groups in total. The maximum atomic E-state index is 8.42. The van der Waals surface area contributed by atoms with Crippen LogP contribution in [0.25, 0.3) is 0 Å². The van der Waals surface area contributed by atoms with Crippen molar-refractivity contribution in [2.45, 2.75) is 0 Å². The molecule has 0 saturated carbocycles. The van der Waals surface area contributed by atoms with Gasteiger partial charge in [-0.15, -0.1) is 0 Å². The van der Waals surface area contributed by atoms with Gasteiger partial charge in [0.2, 0.25) is 0 Å². The molecular formula is BCs3O3. The zero-order valence-corrected chi connectivity index (χ0v) is 23.6. The number of hydrogen-bond donors (Lipinski definition) is 0. The van der Waals surface area contributed by atoms with Gasteiger partial charge in [0.25, 0.3) is 0 Å². The fraction of sp³-hybridized carbons (Fsp3) is 0. The summed E-state index contributed by atoms with van der Waals surface area (Å²) in [4.78, 5) is 0. The molecule has 0 unspecified atom stereocenters. The molecule has 0 aromatic carbocycles. The van der Waals surface area contributed by atoms with E-state index in [1.165, 1.54) is 0 Å². The Morgan fingerprint density at radius 3 is 0.714 bits per heavy atom. The second-order valence-electron chi connectivity index (χ2n) is 0.289. The van der Waals surface area contributed by atoms with E-state index < -0.39 is 7.32 Å². The first-order chi connectivity index (χ1) is 1.73. The van der Waals surface area contributed by atoms with Crippen molar-refractivity contribution in [3.8, 4) is 0 Å². The van der Waals surface area contributed by atoms with Gasteiger partial charge in [-0.3, -0.25) is 7.32 Å². The van der Waals surface area contributed by atoms with E-state index in [0.717, 1.165) is 0 Å². The number of hydrogen-bond acceptors (Lipinski definition) is 3. The second kappa shape index (κ2) is 18.0. The van der Waals surface area contributed by atoms with E-state index in [1.54, 1.807) is 0 Å². The first-order valence-corrected chi connectivity index (χ1v) is 0.707. The molecule has 0 saturated heterocycles. The zero-order valence-electron chi connectivity index (χ0n) is 4.80. The van der Waals surface area contributed by atoms with Crippen LogP contribution in [0.15, 0.2) is 0 Å². The molecule has 0 aliphatic rings. The Kier molecular flexibility index (Phi) is 59.6. The van der Waals surface area contributed by atoms with E-state index >= 15 is 0 Å². The molecular weight excluding hydrogens is 458 g/mol. The Labute approximate surface area is 220 Å². The molecule has 0 aromatic heterocycles. The van der Waals surface area contributed by atoms with Gasteiger partial charge in [-0.05, 0) is 0 Å². The van der Waals surface area contributed by atoms with E-state index in [9.17, 15) is 0 Å². The van der Waals surface area contributed by atoms with Crippen molar-refractivity contribution in [3.05, 3.63) is 0 Å². The SMILES string of the molecule is [Cs+].[Cs+].[Cs+].[O-]B([O-])[O-]. The first kappa shape index (κ1) is 23.2. The molecule has 0 bridgehead atoms. The maximum Gasteiger partial charge on any atom is 1.00 e. The molecule has 24 valence electrons. The third kappa shape index (κ3) is 33.2. The predicted molar refractivity (Wildman–Crippen MR) is 5.75 cm³/mol. The van der Waals surface area contributed by atoms with E-state index in [0.29, 0.717) is 0 Å². The minimum absolute atomic E-state index is 0. The van der Waals surface area contributed by atoms with Crippen LogP contribution in [0.4, 0.5) is 0 Å². The molecule has 0 aliphatic heterocycles. The molecule has 7 heteroatoms. The molecule has 0 atom stereocenters. The van der Waals surface area contributed by atoms with Crippen molar-refractivity contribution in [2.24, 2.45) is 0 Å². The smallest absolute Gasteiger partial charge is 0.907 e. The molecule has 7 heavy (non-hydrogen) atoms. The molecule has 3 nitrogen and oxygen atoms in total. The van der Waals surface area contributed by atoms with Gasteiger partial charge in [-0.2, -0.15) is 0 Å². The largest absolute Gasteiger partial charge is 1.00 e. The Balaban J connectivity index is -0.0000000150. The second-order valence-corrected chi connectivity index (χ2v) is 0.289. The van der Waals surface area contributed by atoms with E-state index in [2.05, 4.69) is 0 Å². The van der Waals surface area contributed by atoms with Gasteiger partial charge in [-0.1, -0.05) is 0 Å². The Morgan fingerprint density at radius 2 is 0.714 bits per heavy atom. The summed E-state index contributed by atoms with van der Waals surface area (Å²) in [6.07, 6.45) is 0. The summed E-state index contributed by atoms with van der Waals surface area (Å²) in [6.45, 7) is 0. The van der Waals surface area contributed by atoms with Crippen LogP contribution < -0.4 is 222 Å². The quantitative estimate of drug-likeness (QED) is 0.340. The Morgan fingerprint density at radius 1 is 0.714 bits per heavy atom. The van der Waals surface area contributed by atoms with E-state index in [1.807, 2.05) is 0 Å². The van der Waals surface area contributed by atoms with Crippen LogP contribution in [0, 0.1) is 0 Å². The summed E-state index contributed by atoms with van der Waals surface area (Å²) in [7, 11) is -2.92. The van der Waals surface area contributed by atoms with Crippen LogP contribution in [0.2, 0.25) is 0 Å². The minimum atomic E-state index is -2.92. The fourth-order valence-electron chi connectivity index (χ4n) is 0. The van der Waals surface area contributed by atoms with Crippen LogP contribution in [0.1, 0.15) is 0 Å². The van der Waals surface area contributed by atoms with Crippen molar-refractivity contribution in [1.82, 2.24) is 0 Å². The van der Waals surface area contributed by atoms with Gasteiger partial charge in [-0.25, -0.2) is 0 Å². The summed E-state index contributed by atoms with van der Waals surface area (Å²) >= 11 is 0. The monoisotopic (exact) mass is 458 g/mol. The molecule has 0 heterocycles. The normalized spacial score (nSPS) is 3.86. The maximum absolute atomic E-state index is 8.42. The van der Waals surface area contributed by atoms with Gasteiger partial charge in [0.05, 0.1) is 0 Å². The Hall–Kier alpha value is 6.10. The average molecular weight is 458 g/mol. The van der Waals surface area contributed by atoms with Crippen LogP contribution in [-0.2, 0) is 0 Å². The van der Waals surface area contributed by atoms with Gasteiger partial charge in [0.1, 0.15) is 0 Å². The fourth-order valence-corrected chi connectivity index (χ4v) is 0. The topological polar surface area (TPSA) is 69.2 Å². The van der Waals surface area contributed by atoms with Crippen LogP contribution in [0.5, 0.6) is 0 Å². The standard InChI is InChI=1S/BO3.3Cs/c2-1(3)4;;;/q-3;3*+1. The summed E-state index contributed by atoms with van der Waals surface area (Å²) in [5.74, 6) is 0. The Bertz CT molecular complexity index is 14.9. The van der Waals surface area contributed by atoms with Gasteiger partial charge in [0, 0.05) is 0 Å². The molecule has 0 spiro atoms. The molecule has 0 fully saturated rings. The first-order valence-electron chi connectivity index (χ1n) is 0.707. The van der Waals surface area contributed by atoms with Crippen molar-refractivity contribution >= 4 is 7.32 Å². The van der Waals surface area contributed by atoms with Crippen molar-refractivity contribution in [2.75, 3.05) is 0 Å². The minimum Gasteiger partial charge on any atom is -0.907 e. The summed E-state index contributed by atoms with van der Waals surface area (Å²) in [5, 5.41) is 25.2. The molecule has 0 radical (unpaired) electrons. The molecule has 0 rings (SSSR count). The van der Waals surface area contributed by atoms with Crippen molar-refractivity contribution in [3.63, 3.8) is 0 Å². The zero-order chi connectivity index (χ0) is 3.58. The van der Waals surface area contributed by atoms with Crippen LogP contribution >= 0.6 is 0 Å².